The average Bonchev–Trinajstić information content (AvgIpc) is 3.45. The van der Waals surface area contributed by atoms with Gasteiger partial charge in [0.05, 0.1) is 19.9 Å². The van der Waals surface area contributed by atoms with Crippen molar-refractivity contribution in [1.29, 1.82) is 0 Å². The van der Waals surface area contributed by atoms with Gasteiger partial charge in [-0.1, -0.05) is 30.3 Å². The molecule has 0 aromatic heterocycles. The maximum atomic E-state index is 14.1. The summed E-state index contributed by atoms with van der Waals surface area (Å²) in [6.07, 6.45) is 2.74. The van der Waals surface area contributed by atoms with Crippen molar-refractivity contribution in [3.8, 4) is 5.75 Å². The molecule has 3 aliphatic heterocycles. The van der Waals surface area contributed by atoms with Crippen LogP contribution in [0.2, 0.25) is 0 Å². The highest BCUT2D eigenvalue weighted by Gasteiger charge is 2.71. The Balaban J connectivity index is 1.56. The summed E-state index contributed by atoms with van der Waals surface area (Å²) in [5.74, 6) is 0.0888. The minimum Gasteiger partial charge on any atom is -0.495 e. The predicted molar refractivity (Wildman–Crippen MR) is 131 cm³/mol. The van der Waals surface area contributed by atoms with Crippen LogP contribution in [-0.2, 0) is 14.9 Å². The number of aliphatic hydroxyl groups excluding tert-OH is 1. The number of methoxy groups -OCH3 is 2. The Morgan fingerprint density at radius 2 is 1.83 bits per heavy atom. The number of nitrogens with zero attached hydrogens (tertiary/aromatic N) is 2. The van der Waals surface area contributed by atoms with Crippen LogP contribution >= 0.6 is 0 Å². The number of ether oxygens (including phenoxy) is 2. The fourth-order valence-electron chi connectivity index (χ4n) is 8.08. The number of rotatable bonds is 4. The SMILES string of the molecule is COC(=O)[C@H](O)[C@]12CCCN3CC[C@]4(c5cccc(OC)c5N(C(=O)c5ccccc5)[C@@H]4CC1)[C@H]32. The van der Waals surface area contributed by atoms with Gasteiger partial charge in [0.2, 0.25) is 0 Å². The summed E-state index contributed by atoms with van der Waals surface area (Å²) in [6, 6.07) is 15.3. The van der Waals surface area contributed by atoms with E-state index in [2.05, 4.69) is 11.0 Å². The van der Waals surface area contributed by atoms with Gasteiger partial charge in [0.1, 0.15) is 5.75 Å². The molecule has 3 fully saturated rings. The summed E-state index contributed by atoms with van der Waals surface area (Å²) in [5, 5.41) is 11.4. The molecule has 0 bridgehead atoms. The molecule has 1 N–H and O–H groups in total. The minimum absolute atomic E-state index is 0.0338. The van der Waals surface area contributed by atoms with Crippen LogP contribution < -0.4 is 9.64 Å². The van der Waals surface area contributed by atoms with Gasteiger partial charge in [-0.3, -0.25) is 9.69 Å². The first-order valence-corrected chi connectivity index (χ1v) is 12.6. The number of fused-ring (bicyclic) bond motifs is 1. The largest absolute Gasteiger partial charge is 0.495 e. The number of piperidine rings is 1. The van der Waals surface area contributed by atoms with Gasteiger partial charge in [-0.05, 0) is 69.0 Å². The van der Waals surface area contributed by atoms with E-state index in [1.807, 2.05) is 47.4 Å². The molecule has 7 heteroatoms. The second-order valence-electron chi connectivity index (χ2n) is 10.4. The Bertz CT molecular complexity index is 1170. The number of hydrogen-bond donors (Lipinski definition) is 1. The van der Waals surface area contributed by atoms with E-state index < -0.39 is 17.5 Å². The van der Waals surface area contributed by atoms with Gasteiger partial charge in [0, 0.05) is 28.5 Å². The van der Waals surface area contributed by atoms with Crippen molar-refractivity contribution in [3.63, 3.8) is 0 Å². The van der Waals surface area contributed by atoms with Crippen molar-refractivity contribution in [2.24, 2.45) is 5.41 Å². The first kappa shape index (κ1) is 22.6. The van der Waals surface area contributed by atoms with E-state index in [0.717, 1.165) is 43.6 Å². The van der Waals surface area contributed by atoms with Gasteiger partial charge in [0.25, 0.3) is 5.91 Å². The summed E-state index contributed by atoms with van der Waals surface area (Å²) >= 11 is 0. The summed E-state index contributed by atoms with van der Waals surface area (Å²) in [6.45, 7) is 1.81. The van der Waals surface area contributed by atoms with Crippen LogP contribution in [0.15, 0.2) is 48.5 Å². The molecule has 1 aliphatic carbocycles. The lowest BCUT2D eigenvalue weighted by molar-refractivity contribution is -0.172. The molecule has 2 saturated heterocycles. The van der Waals surface area contributed by atoms with Crippen LogP contribution in [-0.4, -0.2) is 67.4 Å². The Kier molecular flexibility index (Phi) is 5.20. The Labute approximate surface area is 205 Å². The molecule has 2 aromatic rings. The standard InChI is InChI=1S/C28H32N2O5/c1-34-20-11-6-10-19-22(20)30(24(32)18-8-4-3-5-9-18)21-12-14-27(23(31)25(33)35-2)13-7-16-29-17-15-28(19,21)26(27)29/h3-6,8-11,21,23,26,31H,7,12-17H2,1-2H3/t21-,23+,26-,27+,28-/m1/s1. The van der Waals surface area contributed by atoms with Crippen molar-refractivity contribution in [3.05, 3.63) is 59.7 Å². The Hall–Kier alpha value is -2.90. The molecule has 3 heterocycles. The number of amides is 1. The highest BCUT2D eigenvalue weighted by Crippen LogP contribution is 2.66. The third-order valence-corrected chi connectivity index (χ3v) is 9.26. The van der Waals surface area contributed by atoms with Crippen molar-refractivity contribution >= 4 is 17.6 Å². The van der Waals surface area contributed by atoms with Crippen LogP contribution in [0.3, 0.4) is 0 Å². The van der Waals surface area contributed by atoms with Gasteiger partial charge in [0.15, 0.2) is 6.10 Å². The number of benzene rings is 2. The lowest BCUT2D eigenvalue weighted by Crippen LogP contribution is -2.69. The maximum Gasteiger partial charge on any atom is 0.335 e. The molecule has 6 rings (SSSR count). The molecule has 35 heavy (non-hydrogen) atoms. The zero-order chi connectivity index (χ0) is 24.4. The zero-order valence-electron chi connectivity index (χ0n) is 20.3. The van der Waals surface area contributed by atoms with E-state index in [1.54, 1.807) is 7.11 Å². The molecule has 1 saturated carbocycles. The third kappa shape index (κ3) is 2.85. The molecule has 0 unspecified atom stereocenters. The van der Waals surface area contributed by atoms with Crippen molar-refractivity contribution < 1.29 is 24.2 Å². The van der Waals surface area contributed by atoms with E-state index >= 15 is 0 Å². The van der Waals surface area contributed by atoms with E-state index in [1.165, 1.54) is 7.11 Å². The molecule has 2 aromatic carbocycles. The predicted octanol–water partition coefficient (Wildman–Crippen LogP) is 3.14. The molecule has 184 valence electrons. The fraction of sp³-hybridized carbons (Fsp3) is 0.500. The average molecular weight is 477 g/mol. The number of aliphatic hydroxyl groups is 1. The zero-order valence-corrected chi connectivity index (χ0v) is 20.3. The second-order valence-corrected chi connectivity index (χ2v) is 10.4. The van der Waals surface area contributed by atoms with Crippen molar-refractivity contribution in [2.45, 2.75) is 55.7 Å². The molecule has 4 aliphatic rings. The maximum absolute atomic E-state index is 14.1. The molecule has 0 radical (unpaired) electrons. The van der Waals surface area contributed by atoms with Crippen LogP contribution in [0, 0.1) is 5.41 Å². The van der Waals surface area contributed by atoms with E-state index in [-0.39, 0.29) is 23.4 Å². The van der Waals surface area contributed by atoms with Gasteiger partial charge in [-0.2, -0.15) is 0 Å². The van der Waals surface area contributed by atoms with Crippen molar-refractivity contribution in [2.75, 3.05) is 32.2 Å². The van der Waals surface area contributed by atoms with E-state index in [9.17, 15) is 14.7 Å². The molecule has 7 nitrogen and oxygen atoms in total. The van der Waals surface area contributed by atoms with Crippen molar-refractivity contribution in [1.82, 2.24) is 4.90 Å². The summed E-state index contributed by atoms with van der Waals surface area (Å²) in [5.41, 5.74) is 1.59. The van der Waals surface area contributed by atoms with Gasteiger partial charge in [-0.25, -0.2) is 4.79 Å². The molecule has 5 atom stereocenters. The van der Waals surface area contributed by atoms with Gasteiger partial charge < -0.3 is 19.5 Å². The van der Waals surface area contributed by atoms with Crippen LogP contribution in [0.1, 0.15) is 48.0 Å². The number of para-hydroxylation sites is 1. The second kappa shape index (κ2) is 8.07. The lowest BCUT2D eigenvalue weighted by atomic mass is 9.51. The smallest absolute Gasteiger partial charge is 0.335 e. The number of anilines is 1. The summed E-state index contributed by atoms with van der Waals surface area (Å²) in [4.78, 5) is 31.2. The molecular formula is C28H32N2O5. The molecular weight excluding hydrogens is 444 g/mol. The minimum atomic E-state index is -1.19. The Morgan fingerprint density at radius 1 is 1.03 bits per heavy atom. The normalized spacial score (nSPS) is 31.8. The number of carbonyl (C=O) groups excluding carboxylic acids is 2. The number of carbonyl (C=O) groups is 2. The first-order chi connectivity index (χ1) is 17.0. The van der Waals surface area contributed by atoms with Crippen LogP contribution in [0.25, 0.3) is 0 Å². The quantitative estimate of drug-likeness (QED) is 0.683. The topological polar surface area (TPSA) is 79.3 Å². The number of hydrogen-bond acceptors (Lipinski definition) is 6. The monoisotopic (exact) mass is 476 g/mol. The summed E-state index contributed by atoms with van der Waals surface area (Å²) < 4.78 is 10.9. The third-order valence-electron chi connectivity index (χ3n) is 9.26. The van der Waals surface area contributed by atoms with E-state index in [0.29, 0.717) is 24.2 Å². The van der Waals surface area contributed by atoms with Crippen LogP contribution in [0.5, 0.6) is 5.75 Å². The summed E-state index contributed by atoms with van der Waals surface area (Å²) in [7, 11) is 2.99. The van der Waals surface area contributed by atoms with E-state index in [4.69, 9.17) is 9.47 Å². The number of esters is 1. The highest BCUT2D eigenvalue weighted by molar-refractivity contribution is 6.09. The fourth-order valence-corrected chi connectivity index (χ4v) is 8.08. The van der Waals surface area contributed by atoms with Crippen LogP contribution in [0.4, 0.5) is 5.69 Å². The highest BCUT2D eigenvalue weighted by atomic mass is 16.5. The van der Waals surface area contributed by atoms with Gasteiger partial charge >= 0.3 is 5.97 Å². The lowest BCUT2D eigenvalue weighted by Gasteiger charge is -2.59. The molecule has 1 spiro atoms. The first-order valence-electron chi connectivity index (χ1n) is 12.6. The molecule has 1 amide bonds. The van der Waals surface area contributed by atoms with Gasteiger partial charge in [-0.15, -0.1) is 0 Å². The Morgan fingerprint density at radius 3 is 2.57 bits per heavy atom.